The van der Waals surface area contributed by atoms with Gasteiger partial charge in [-0.25, -0.2) is 0 Å². The molecule has 5 nitrogen and oxygen atoms in total. The standard InChI is InChI=1S/C30H31NO4/c1-30(20-33-21-30)19-32-12-2-3-13-34-26-6-8-27(9-7-26)35-18-23-5-11-29-25(15-23)16-24-14-22(17-31)4-10-28(24)29/h4-11,14-15H,2-3,12-13,16,18-21H2,1H3. The quantitative estimate of drug-likeness (QED) is 0.255. The Morgan fingerprint density at radius 1 is 0.857 bits per heavy atom. The van der Waals surface area contributed by atoms with Crippen molar-refractivity contribution < 1.29 is 18.9 Å². The first-order chi connectivity index (χ1) is 17.1. The van der Waals surface area contributed by atoms with E-state index in [0.717, 1.165) is 62.8 Å². The first-order valence-corrected chi connectivity index (χ1v) is 12.3. The van der Waals surface area contributed by atoms with Crippen LogP contribution in [0.1, 0.15) is 42.0 Å². The van der Waals surface area contributed by atoms with Gasteiger partial charge in [-0.2, -0.15) is 5.26 Å². The van der Waals surface area contributed by atoms with E-state index >= 15 is 0 Å². The molecule has 35 heavy (non-hydrogen) atoms. The summed E-state index contributed by atoms with van der Waals surface area (Å²) in [4.78, 5) is 0. The van der Waals surface area contributed by atoms with Crippen molar-refractivity contribution >= 4 is 0 Å². The number of ether oxygens (including phenoxy) is 4. The van der Waals surface area contributed by atoms with Gasteiger partial charge >= 0.3 is 0 Å². The number of benzene rings is 3. The molecule has 1 saturated heterocycles. The molecule has 0 radical (unpaired) electrons. The first kappa shape index (κ1) is 23.4. The summed E-state index contributed by atoms with van der Waals surface area (Å²) >= 11 is 0. The summed E-state index contributed by atoms with van der Waals surface area (Å²) in [5.74, 6) is 1.67. The number of nitriles is 1. The molecule has 5 rings (SSSR count). The van der Waals surface area contributed by atoms with Crippen molar-refractivity contribution in [3.05, 3.63) is 82.9 Å². The second kappa shape index (κ2) is 10.5. The molecule has 0 atom stereocenters. The molecule has 1 aliphatic carbocycles. The summed E-state index contributed by atoms with van der Waals surface area (Å²) < 4.78 is 22.9. The lowest BCUT2D eigenvalue weighted by atomic mass is 9.90. The van der Waals surface area contributed by atoms with E-state index in [2.05, 4.69) is 37.3 Å². The van der Waals surface area contributed by atoms with Crippen molar-refractivity contribution in [1.82, 2.24) is 0 Å². The molecule has 1 fully saturated rings. The molecule has 2 aliphatic rings. The third kappa shape index (κ3) is 5.67. The fourth-order valence-electron chi connectivity index (χ4n) is 4.57. The Bertz CT molecular complexity index is 1210. The van der Waals surface area contributed by atoms with E-state index in [4.69, 9.17) is 24.2 Å². The summed E-state index contributed by atoms with van der Waals surface area (Å²) in [6.45, 7) is 6.55. The maximum Gasteiger partial charge on any atom is 0.120 e. The third-order valence-electron chi connectivity index (χ3n) is 6.61. The highest BCUT2D eigenvalue weighted by atomic mass is 16.5. The smallest absolute Gasteiger partial charge is 0.120 e. The number of nitrogens with zero attached hydrogens (tertiary/aromatic N) is 1. The average molecular weight is 470 g/mol. The Morgan fingerprint density at radius 2 is 1.54 bits per heavy atom. The molecule has 0 unspecified atom stereocenters. The highest BCUT2D eigenvalue weighted by molar-refractivity contribution is 5.77. The lowest BCUT2D eigenvalue weighted by Gasteiger charge is -2.37. The van der Waals surface area contributed by atoms with E-state index in [1.165, 1.54) is 22.3 Å². The van der Waals surface area contributed by atoms with Crippen LogP contribution >= 0.6 is 0 Å². The zero-order valence-corrected chi connectivity index (χ0v) is 20.2. The zero-order valence-electron chi connectivity index (χ0n) is 20.2. The van der Waals surface area contributed by atoms with Crippen LogP contribution < -0.4 is 9.47 Å². The van der Waals surface area contributed by atoms with Crippen LogP contribution in [0.4, 0.5) is 0 Å². The van der Waals surface area contributed by atoms with Crippen LogP contribution in [0.25, 0.3) is 11.1 Å². The summed E-state index contributed by atoms with van der Waals surface area (Å²) in [6.07, 6.45) is 2.81. The van der Waals surface area contributed by atoms with Gasteiger partial charge in [0.25, 0.3) is 0 Å². The van der Waals surface area contributed by atoms with Gasteiger partial charge in [-0.1, -0.05) is 31.2 Å². The normalized spacial score (nSPS) is 15.0. The minimum atomic E-state index is 0.218. The minimum absolute atomic E-state index is 0.218. The number of hydrogen-bond acceptors (Lipinski definition) is 5. The van der Waals surface area contributed by atoms with Crippen LogP contribution in [0.3, 0.4) is 0 Å². The van der Waals surface area contributed by atoms with Gasteiger partial charge < -0.3 is 18.9 Å². The van der Waals surface area contributed by atoms with Gasteiger partial charge in [0.2, 0.25) is 0 Å². The number of hydrogen-bond donors (Lipinski definition) is 0. The Kier molecular flexibility index (Phi) is 7.03. The van der Waals surface area contributed by atoms with Gasteiger partial charge in [0.05, 0.1) is 38.1 Å². The topological polar surface area (TPSA) is 60.7 Å². The SMILES string of the molecule is CC1(COCCCCOc2ccc(OCc3ccc4c(c3)Cc3cc(C#N)ccc3-4)cc2)COC1. The zero-order chi connectivity index (χ0) is 24.1. The van der Waals surface area contributed by atoms with E-state index in [0.29, 0.717) is 18.8 Å². The Balaban J connectivity index is 1.03. The van der Waals surface area contributed by atoms with Crippen LogP contribution in [0.2, 0.25) is 0 Å². The molecular formula is C30H31NO4. The average Bonchev–Trinajstić information content (AvgIpc) is 3.23. The van der Waals surface area contributed by atoms with E-state index in [1.807, 2.05) is 36.4 Å². The molecule has 1 aliphatic heterocycles. The second-order valence-electron chi connectivity index (χ2n) is 9.82. The molecule has 0 amide bonds. The van der Waals surface area contributed by atoms with Crippen LogP contribution in [0, 0.1) is 16.7 Å². The van der Waals surface area contributed by atoms with Gasteiger partial charge in [-0.3, -0.25) is 0 Å². The Hall–Kier alpha value is -3.33. The monoisotopic (exact) mass is 469 g/mol. The predicted molar refractivity (Wildman–Crippen MR) is 135 cm³/mol. The maximum atomic E-state index is 9.16. The van der Waals surface area contributed by atoms with Crippen molar-refractivity contribution in [2.75, 3.05) is 33.0 Å². The molecule has 3 aromatic carbocycles. The van der Waals surface area contributed by atoms with E-state index in [1.54, 1.807) is 0 Å². The molecule has 3 aromatic rings. The fourth-order valence-corrected chi connectivity index (χ4v) is 4.57. The molecule has 0 saturated carbocycles. The molecule has 0 bridgehead atoms. The number of rotatable bonds is 11. The Morgan fingerprint density at radius 3 is 2.26 bits per heavy atom. The van der Waals surface area contributed by atoms with Crippen molar-refractivity contribution in [2.45, 2.75) is 32.8 Å². The van der Waals surface area contributed by atoms with Crippen LogP contribution in [-0.4, -0.2) is 33.0 Å². The summed E-state index contributed by atoms with van der Waals surface area (Å²) in [7, 11) is 0. The lowest BCUT2D eigenvalue weighted by Crippen LogP contribution is -2.43. The van der Waals surface area contributed by atoms with Crippen LogP contribution in [0.15, 0.2) is 60.7 Å². The van der Waals surface area contributed by atoms with Crippen molar-refractivity contribution in [3.8, 4) is 28.7 Å². The molecule has 0 N–H and O–H groups in total. The van der Waals surface area contributed by atoms with Gasteiger partial charge in [-0.05, 0) is 83.5 Å². The molecule has 1 heterocycles. The highest BCUT2D eigenvalue weighted by Crippen LogP contribution is 2.37. The molecule has 0 spiro atoms. The highest BCUT2D eigenvalue weighted by Gasteiger charge is 2.33. The summed E-state index contributed by atoms with van der Waals surface area (Å²) in [6, 6.07) is 22.5. The fraction of sp³-hybridized carbons (Fsp3) is 0.367. The largest absolute Gasteiger partial charge is 0.494 e. The van der Waals surface area contributed by atoms with Crippen LogP contribution in [-0.2, 0) is 22.5 Å². The molecule has 5 heteroatoms. The molecular weight excluding hydrogens is 438 g/mol. The minimum Gasteiger partial charge on any atom is -0.494 e. The van der Waals surface area contributed by atoms with E-state index < -0.39 is 0 Å². The third-order valence-corrected chi connectivity index (χ3v) is 6.61. The van der Waals surface area contributed by atoms with E-state index in [9.17, 15) is 0 Å². The van der Waals surface area contributed by atoms with Gasteiger partial charge in [0.1, 0.15) is 18.1 Å². The first-order valence-electron chi connectivity index (χ1n) is 12.3. The van der Waals surface area contributed by atoms with Gasteiger partial charge in [-0.15, -0.1) is 0 Å². The molecule has 180 valence electrons. The van der Waals surface area contributed by atoms with Crippen molar-refractivity contribution in [3.63, 3.8) is 0 Å². The number of unbranched alkanes of at least 4 members (excludes halogenated alkanes) is 1. The van der Waals surface area contributed by atoms with Crippen LogP contribution in [0.5, 0.6) is 11.5 Å². The predicted octanol–water partition coefficient (Wildman–Crippen LogP) is 5.92. The number of fused-ring (bicyclic) bond motifs is 3. The van der Waals surface area contributed by atoms with Crippen molar-refractivity contribution in [1.29, 1.82) is 5.26 Å². The van der Waals surface area contributed by atoms with E-state index in [-0.39, 0.29) is 5.41 Å². The second-order valence-corrected chi connectivity index (χ2v) is 9.82. The molecule has 0 aromatic heterocycles. The summed E-state index contributed by atoms with van der Waals surface area (Å²) in [5.41, 5.74) is 7.06. The lowest BCUT2D eigenvalue weighted by molar-refractivity contribution is -0.138. The van der Waals surface area contributed by atoms with Crippen molar-refractivity contribution in [2.24, 2.45) is 5.41 Å². The Labute approximate surface area is 207 Å². The maximum absolute atomic E-state index is 9.16. The van der Waals surface area contributed by atoms with Gasteiger partial charge in [0.15, 0.2) is 0 Å². The van der Waals surface area contributed by atoms with Gasteiger partial charge in [0, 0.05) is 12.0 Å². The summed E-state index contributed by atoms with van der Waals surface area (Å²) in [5, 5.41) is 9.16.